The number of hydrogen-bond donors (Lipinski definition) is 0. The minimum Gasteiger partial charge on any atom is -0.370 e. The zero-order chi connectivity index (χ0) is 17.4. The molecule has 1 aliphatic rings. The zero-order valence-corrected chi connectivity index (χ0v) is 14.3. The second-order valence-electron chi connectivity index (χ2n) is 6.57. The van der Waals surface area contributed by atoms with Gasteiger partial charge in [0, 0.05) is 13.1 Å². The lowest BCUT2D eigenvalue weighted by atomic mass is 10.1. The van der Waals surface area contributed by atoms with Crippen LogP contribution in [-0.4, -0.2) is 39.5 Å². The Morgan fingerprint density at radius 1 is 1.24 bits per heavy atom. The van der Waals surface area contributed by atoms with Crippen LogP contribution in [0.25, 0.3) is 5.65 Å². The molecule has 25 heavy (non-hydrogen) atoms. The van der Waals surface area contributed by atoms with Gasteiger partial charge in [-0.25, -0.2) is 4.39 Å². The molecule has 7 heteroatoms. The molecule has 6 nitrogen and oxygen atoms in total. The van der Waals surface area contributed by atoms with Gasteiger partial charge in [-0.2, -0.15) is 9.61 Å². The third-order valence-electron chi connectivity index (χ3n) is 4.51. The maximum Gasteiger partial charge on any atom is 0.200 e. The fourth-order valence-electron chi connectivity index (χ4n) is 3.09. The molecule has 1 unspecified atom stereocenters. The van der Waals surface area contributed by atoms with Gasteiger partial charge in [0.15, 0.2) is 0 Å². The van der Waals surface area contributed by atoms with Gasteiger partial charge in [0.2, 0.25) is 5.65 Å². The van der Waals surface area contributed by atoms with Crippen LogP contribution in [0, 0.1) is 5.82 Å². The largest absolute Gasteiger partial charge is 0.370 e. The highest BCUT2D eigenvalue weighted by molar-refractivity contribution is 5.68. The van der Waals surface area contributed by atoms with Crippen molar-refractivity contribution >= 4 is 11.3 Å². The van der Waals surface area contributed by atoms with Gasteiger partial charge in [-0.05, 0) is 29.7 Å². The number of ether oxygens (including phenoxy) is 1. The molecular weight excluding hydrogens is 321 g/mol. The average molecular weight is 341 g/mol. The van der Waals surface area contributed by atoms with Crippen LogP contribution < -0.4 is 4.90 Å². The lowest BCUT2D eigenvalue weighted by Gasteiger charge is -2.35. The summed E-state index contributed by atoms with van der Waals surface area (Å²) in [6, 6.07) is 8.58. The maximum absolute atomic E-state index is 13.2. The van der Waals surface area contributed by atoms with E-state index in [-0.39, 0.29) is 11.9 Å². The van der Waals surface area contributed by atoms with E-state index in [0.717, 1.165) is 29.1 Å². The normalized spacial score (nSPS) is 18.2. The molecule has 3 aromatic rings. The van der Waals surface area contributed by atoms with Crippen LogP contribution in [0.2, 0.25) is 0 Å². The molecule has 130 valence electrons. The second kappa shape index (κ2) is 6.40. The Hall–Kier alpha value is -2.54. The van der Waals surface area contributed by atoms with Gasteiger partial charge >= 0.3 is 0 Å². The number of morpholine rings is 1. The Morgan fingerprint density at radius 2 is 2.04 bits per heavy atom. The lowest BCUT2D eigenvalue weighted by Crippen LogP contribution is -2.38. The number of rotatable bonds is 3. The highest BCUT2D eigenvalue weighted by Crippen LogP contribution is 2.29. The number of nitrogens with zero attached hydrogens (tertiary/aromatic N) is 5. The van der Waals surface area contributed by atoms with Crippen molar-refractivity contribution in [2.45, 2.75) is 25.9 Å². The minimum atomic E-state index is -0.239. The molecule has 1 aromatic carbocycles. The van der Waals surface area contributed by atoms with Crippen molar-refractivity contribution in [3.8, 4) is 0 Å². The summed E-state index contributed by atoms with van der Waals surface area (Å²) in [5.74, 6) is 0.0665. The van der Waals surface area contributed by atoms with Crippen molar-refractivity contribution in [2.24, 2.45) is 0 Å². The second-order valence-corrected chi connectivity index (χ2v) is 6.57. The Morgan fingerprint density at radius 3 is 2.80 bits per heavy atom. The summed E-state index contributed by atoms with van der Waals surface area (Å²) in [6.07, 6.45) is 1.52. The smallest absolute Gasteiger partial charge is 0.200 e. The fraction of sp³-hybridized carbons (Fsp3) is 0.389. The van der Waals surface area contributed by atoms with Gasteiger partial charge in [0.1, 0.15) is 18.2 Å². The summed E-state index contributed by atoms with van der Waals surface area (Å²) in [4.78, 5) is 2.25. The Balaban J connectivity index is 1.68. The van der Waals surface area contributed by atoms with Crippen molar-refractivity contribution in [1.29, 1.82) is 0 Å². The SMILES string of the molecule is CC(C)c1cc(N2CCOC(c3ccc(F)cc3)C2)c2nncn2n1. The van der Waals surface area contributed by atoms with Gasteiger partial charge in [0.25, 0.3) is 0 Å². The van der Waals surface area contributed by atoms with Gasteiger partial charge in [0.05, 0.1) is 18.0 Å². The first-order valence-electron chi connectivity index (χ1n) is 8.45. The summed E-state index contributed by atoms with van der Waals surface area (Å²) in [5.41, 5.74) is 3.71. The van der Waals surface area contributed by atoms with Crippen molar-refractivity contribution in [3.05, 3.63) is 53.7 Å². The number of hydrogen-bond acceptors (Lipinski definition) is 5. The molecule has 1 atom stereocenters. The van der Waals surface area contributed by atoms with Crippen LogP contribution in [0.5, 0.6) is 0 Å². The molecule has 0 aliphatic carbocycles. The number of halogens is 1. The highest BCUT2D eigenvalue weighted by atomic mass is 19.1. The van der Waals surface area contributed by atoms with E-state index in [1.165, 1.54) is 12.1 Å². The molecule has 1 saturated heterocycles. The van der Waals surface area contributed by atoms with E-state index in [1.54, 1.807) is 23.0 Å². The predicted molar refractivity (Wildman–Crippen MR) is 92.2 cm³/mol. The molecule has 0 saturated carbocycles. The van der Waals surface area contributed by atoms with Gasteiger partial charge in [-0.3, -0.25) is 0 Å². The van der Waals surface area contributed by atoms with E-state index < -0.39 is 0 Å². The first-order chi connectivity index (χ1) is 12.1. The van der Waals surface area contributed by atoms with Gasteiger partial charge < -0.3 is 9.64 Å². The van der Waals surface area contributed by atoms with E-state index in [0.29, 0.717) is 19.1 Å². The quantitative estimate of drug-likeness (QED) is 0.733. The molecule has 0 radical (unpaired) electrons. The van der Waals surface area contributed by atoms with Crippen LogP contribution in [0.3, 0.4) is 0 Å². The molecule has 0 bridgehead atoms. The summed E-state index contributed by atoms with van der Waals surface area (Å²) < 4.78 is 20.8. The molecule has 1 fully saturated rings. The first kappa shape index (κ1) is 16.0. The fourth-order valence-corrected chi connectivity index (χ4v) is 3.09. The molecule has 2 aromatic heterocycles. The van der Waals surface area contributed by atoms with Crippen LogP contribution in [0.15, 0.2) is 36.7 Å². The van der Waals surface area contributed by atoms with E-state index in [1.807, 2.05) is 0 Å². The monoisotopic (exact) mass is 341 g/mol. The molecule has 0 amide bonds. The van der Waals surface area contributed by atoms with Crippen molar-refractivity contribution < 1.29 is 9.13 Å². The first-order valence-corrected chi connectivity index (χ1v) is 8.45. The van der Waals surface area contributed by atoms with E-state index >= 15 is 0 Å². The topological polar surface area (TPSA) is 55.5 Å². The van der Waals surface area contributed by atoms with E-state index in [4.69, 9.17) is 4.74 Å². The van der Waals surface area contributed by atoms with Gasteiger partial charge in [-0.15, -0.1) is 10.2 Å². The Kier molecular flexibility index (Phi) is 4.09. The Labute approximate surface area is 145 Å². The summed E-state index contributed by atoms with van der Waals surface area (Å²) >= 11 is 0. The maximum atomic E-state index is 13.2. The molecule has 0 spiro atoms. The molecule has 3 heterocycles. The predicted octanol–water partition coefficient (Wildman–Crippen LogP) is 2.96. The summed E-state index contributed by atoms with van der Waals surface area (Å²) in [7, 11) is 0. The van der Waals surface area contributed by atoms with Crippen LogP contribution >= 0.6 is 0 Å². The zero-order valence-electron chi connectivity index (χ0n) is 14.3. The van der Waals surface area contributed by atoms with Crippen molar-refractivity contribution in [2.75, 3.05) is 24.6 Å². The van der Waals surface area contributed by atoms with Crippen LogP contribution in [-0.2, 0) is 4.74 Å². The summed E-state index contributed by atoms with van der Waals surface area (Å²) in [6.45, 7) is 6.27. The number of anilines is 1. The number of benzene rings is 1. The van der Waals surface area contributed by atoms with Crippen LogP contribution in [0.1, 0.15) is 37.1 Å². The minimum absolute atomic E-state index is 0.104. The summed E-state index contributed by atoms with van der Waals surface area (Å²) in [5, 5.41) is 12.8. The van der Waals surface area contributed by atoms with Crippen molar-refractivity contribution in [1.82, 2.24) is 19.8 Å². The molecular formula is C18H20FN5O. The standard InChI is InChI=1S/C18H20FN5O/c1-12(2)15-9-16(18-21-20-11-24(18)22-15)23-7-8-25-17(10-23)13-3-5-14(19)6-4-13/h3-6,9,11-12,17H,7-8,10H2,1-2H3. The molecule has 0 N–H and O–H groups in total. The third kappa shape index (κ3) is 3.07. The Bertz CT molecular complexity index is 877. The highest BCUT2D eigenvalue weighted by Gasteiger charge is 2.25. The third-order valence-corrected chi connectivity index (χ3v) is 4.51. The molecule has 1 aliphatic heterocycles. The van der Waals surface area contributed by atoms with Crippen molar-refractivity contribution in [3.63, 3.8) is 0 Å². The van der Waals surface area contributed by atoms with Crippen LogP contribution in [0.4, 0.5) is 10.1 Å². The van der Waals surface area contributed by atoms with E-state index in [2.05, 4.69) is 40.1 Å². The molecule has 4 rings (SSSR count). The average Bonchev–Trinajstić information content (AvgIpc) is 3.10. The lowest BCUT2D eigenvalue weighted by molar-refractivity contribution is 0.0398. The van der Waals surface area contributed by atoms with Gasteiger partial charge in [-0.1, -0.05) is 26.0 Å². The number of fused-ring (bicyclic) bond motifs is 1. The number of aromatic nitrogens is 4. The van der Waals surface area contributed by atoms with E-state index in [9.17, 15) is 4.39 Å².